The molecule has 2 rings (SSSR count). The van der Waals surface area contributed by atoms with Crippen molar-refractivity contribution in [3.05, 3.63) is 21.9 Å². The summed E-state index contributed by atoms with van der Waals surface area (Å²) in [6, 6.07) is 2.07. The van der Waals surface area contributed by atoms with Crippen LogP contribution >= 0.6 is 11.3 Å². The lowest BCUT2D eigenvalue weighted by molar-refractivity contribution is -0.131. The number of nitrogens with zero attached hydrogens (tertiary/aromatic N) is 1. The Kier molecular flexibility index (Phi) is 4.85. The highest BCUT2D eigenvalue weighted by Gasteiger charge is 2.27. The second-order valence-electron chi connectivity index (χ2n) is 6.04. The number of hydrogen-bond acceptors (Lipinski definition) is 3. The van der Waals surface area contributed by atoms with Crippen molar-refractivity contribution < 1.29 is 4.79 Å². The lowest BCUT2D eigenvalue weighted by Crippen LogP contribution is -2.29. The molecule has 20 heavy (non-hydrogen) atoms. The molecule has 0 aliphatic carbocycles. The summed E-state index contributed by atoms with van der Waals surface area (Å²) in [5.41, 5.74) is 6.64. The summed E-state index contributed by atoms with van der Waals surface area (Å²) in [6.07, 6.45) is 2.72. The molecule has 1 aromatic heterocycles. The van der Waals surface area contributed by atoms with Crippen LogP contribution in [0.1, 0.15) is 43.6 Å². The van der Waals surface area contributed by atoms with E-state index in [-0.39, 0.29) is 11.3 Å². The zero-order valence-electron chi connectivity index (χ0n) is 12.2. The number of rotatable bonds is 2. The molecule has 0 radical (unpaired) electrons. The van der Waals surface area contributed by atoms with Crippen LogP contribution < -0.4 is 5.73 Å². The lowest BCUT2D eigenvalue weighted by Gasteiger charge is -2.23. The van der Waals surface area contributed by atoms with E-state index >= 15 is 0 Å². The Morgan fingerprint density at radius 3 is 3.00 bits per heavy atom. The Labute approximate surface area is 125 Å². The van der Waals surface area contributed by atoms with Gasteiger partial charge in [-0.15, -0.1) is 11.3 Å². The molecule has 2 heterocycles. The topological polar surface area (TPSA) is 46.3 Å². The summed E-state index contributed by atoms with van der Waals surface area (Å²) in [7, 11) is 0. The Hall–Kier alpha value is -1.31. The summed E-state index contributed by atoms with van der Waals surface area (Å²) in [5.74, 6) is 6.16. The second kappa shape index (κ2) is 6.43. The quantitative estimate of drug-likeness (QED) is 0.851. The van der Waals surface area contributed by atoms with Crippen molar-refractivity contribution in [1.29, 1.82) is 0 Å². The van der Waals surface area contributed by atoms with Gasteiger partial charge in [-0.2, -0.15) is 0 Å². The van der Waals surface area contributed by atoms with Crippen LogP contribution in [0, 0.1) is 17.3 Å². The average molecular weight is 290 g/mol. The third-order valence-electron chi connectivity index (χ3n) is 3.76. The first-order chi connectivity index (χ1) is 9.50. The van der Waals surface area contributed by atoms with Crippen LogP contribution in [0.25, 0.3) is 0 Å². The van der Waals surface area contributed by atoms with Gasteiger partial charge in [0.1, 0.15) is 0 Å². The molecule has 1 saturated heterocycles. The van der Waals surface area contributed by atoms with Gasteiger partial charge in [-0.25, -0.2) is 0 Å². The third kappa shape index (κ3) is 4.09. The molecular weight excluding hydrogens is 268 g/mol. The van der Waals surface area contributed by atoms with Crippen LogP contribution in [0.4, 0.5) is 0 Å². The largest absolute Gasteiger partial charge is 0.338 e. The summed E-state index contributed by atoms with van der Waals surface area (Å²) >= 11 is 1.67. The number of likely N-dealkylation sites (tertiary alicyclic amines) is 1. The van der Waals surface area contributed by atoms with E-state index in [0.717, 1.165) is 24.9 Å². The molecule has 0 aromatic carbocycles. The van der Waals surface area contributed by atoms with E-state index < -0.39 is 0 Å². The number of carbonyl (C=O) groups excluding carboxylic acids is 1. The number of thiophene rings is 1. The molecule has 0 spiro atoms. The van der Waals surface area contributed by atoms with Gasteiger partial charge in [-0.1, -0.05) is 25.7 Å². The van der Waals surface area contributed by atoms with Crippen LogP contribution in [0.2, 0.25) is 0 Å². The number of amides is 1. The zero-order chi connectivity index (χ0) is 14.6. The molecule has 1 aliphatic heterocycles. The van der Waals surface area contributed by atoms with Crippen LogP contribution in [0.15, 0.2) is 11.4 Å². The molecule has 1 amide bonds. The van der Waals surface area contributed by atoms with E-state index in [0.29, 0.717) is 19.5 Å². The minimum absolute atomic E-state index is 0.275. The van der Waals surface area contributed by atoms with Gasteiger partial charge in [0, 0.05) is 28.8 Å². The normalized spacial score (nSPS) is 18.4. The van der Waals surface area contributed by atoms with Crippen LogP contribution in [-0.4, -0.2) is 23.9 Å². The van der Waals surface area contributed by atoms with E-state index in [4.69, 9.17) is 5.73 Å². The molecular formula is C16H22N2OS. The monoisotopic (exact) mass is 290 g/mol. The standard InChI is InChI=1S/C16H22N2OS/c1-16(2)6-5-15(19)18(9-7-16)11-14-10-13(12-20-14)4-3-8-17/h10,12H,5-9,11,17H2,1-2H3. The fourth-order valence-corrected chi connectivity index (χ4v) is 3.16. The van der Waals surface area contributed by atoms with Gasteiger partial charge < -0.3 is 10.6 Å². The van der Waals surface area contributed by atoms with E-state index in [1.54, 1.807) is 11.3 Å². The summed E-state index contributed by atoms with van der Waals surface area (Å²) in [4.78, 5) is 15.4. The van der Waals surface area contributed by atoms with Crippen molar-refractivity contribution in [2.24, 2.45) is 11.1 Å². The third-order valence-corrected chi connectivity index (χ3v) is 4.68. The highest BCUT2D eigenvalue weighted by atomic mass is 32.1. The van der Waals surface area contributed by atoms with E-state index in [1.807, 2.05) is 10.3 Å². The maximum atomic E-state index is 12.2. The fourth-order valence-electron chi connectivity index (χ4n) is 2.33. The van der Waals surface area contributed by atoms with Gasteiger partial charge in [0.25, 0.3) is 0 Å². The Morgan fingerprint density at radius 1 is 1.45 bits per heavy atom. The van der Waals surface area contributed by atoms with E-state index in [1.165, 1.54) is 4.88 Å². The first-order valence-corrected chi connectivity index (χ1v) is 7.92. The van der Waals surface area contributed by atoms with Crippen LogP contribution in [0.3, 0.4) is 0 Å². The van der Waals surface area contributed by atoms with Crippen molar-refractivity contribution >= 4 is 17.2 Å². The second-order valence-corrected chi connectivity index (χ2v) is 7.03. The first-order valence-electron chi connectivity index (χ1n) is 7.04. The van der Waals surface area contributed by atoms with E-state index in [9.17, 15) is 4.79 Å². The zero-order valence-corrected chi connectivity index (χ0v) is 13.1. The van der Waals surface area contributed by atoms with E-state index in [2.05, 4.69) is 31.8 Å². The SMILES string of the molecule is CC1(C)CCC(=O)N(Cc2cc(C#CCN)cs2)CC1. The smallest absolute Gasteiger partial charge is 0.222 e. The number of carbonyl (C=O) groups is 1. The molecule has 1 aromatic rings. The molecule has 108 valence electrons. The van der Waals surface area contributed by atoms with Gasteiger partial charge in [-0.05, 0) is 24.3 Å². The Balaban J connectivity index is 2.01. The Morgan fingerprint density at radius 2 is 2.25 bits per heavy atom. The highest BCUT2D eigenvalue weighted by Crippen LogP contribution is 2.31. The number of nitrogens with two attached hydrogens (primary N) is 1. The molecule has 0 saturated carbocycles. The maximum Gasteiger partial charge on any atom is 0.222 e. The highest BCUT2D eigenvalue weighted by molar-refractivity contribution is 7.10. The Bertz CT molecular complexity index is 536. The molecule has 1 aliphatic rings. The van der Waals surface area contributed by atoms with Crippen molar-refractivity contribution in [2.45, 2.75) is 39.7 Å². The van der Waals surface area contributed by atoms with Gasteiger partial charge in [0.05, 0.1) is 13.1 Å². The van der Waals surface area contributed by atoms with Crippen LogP contribution in [0.5, 0.6) is 0 Å². The number of hydrogen-bond donors (Lipinski definition) is 1. The molecule has 0 atom stereocenters. The maximum absolute atomic E-state index is 12.2. The predicted octanol–water partition coefficient (Wildman–Crippen LogP) is 2.60. The minimum atomic E-state index is 0.275. The predicted molar refractivity (Wildman–Crippen MR) is 83.3 cm³/mol. The molecule has 1 fully saturated rings. The molecule has 0 bridgehead atoms. The van der Waals surface area contributed by atoms with Gasteiger partial charge in [0.2, 0.25) is 5.91 Å². The summed E-state index contributed by atoms with van der Waals surface area (Å²) in [5, 5.41) is 2.03. The minimum Gasteiger partial charge on any atom is -0.338 e. The first kappa shape index (κ1) is 15.1. The lowest BCUT2D eigenvalue weighted by atomic mass is 9.85. The van der Waals surface area contributed by atoms with Crippen molar-refractivity contribution in [3.63, 3.8) is 0 Å². The van der Waals surface area contributed by atoms with Crippen molar-refractivity contribution in [3.8, 4) is 11.8 Å². The molecule has 2 N–H and O–H groups in total. The fraction of sp³-hybridized carbons (Fsp3) is 0.562. The van der Waals surface area contributed by atoms with Crippen molar-refractivity contribution in [2.75, 3.05) is 13.1 Å². The van der Waals surface area contributed by atoms with Crippen molar-refractivity contribution in [1.82, 2.24) is 4.90 Å². The van der Waals surface area contributed by atoms with Gasteiger partial charge in [-0.3, -0.25) is 4.79 Å². The van der Waals surface area contributed by atoms with Gasteiger partial charge in [0.15, 0.2) is 0 Å². The molecule has 0 unspecified atom stereocenters. The molecule has 4 heteroatoms. The molecule has 3 nitrogen and oxygen atoms in total. The van der Waals surface area contributed by atoms with Gasteiger partial charge >= 0.3 is 0 Å². The van der Waals surface area contributed by atoms with Crippen LogP contribution in [-0.2, 0) is 11.3 Å². The average Bonchev–Trinajstić information content (AvgIpc) is 2.81. The summed E-state index contributed by atoms with van der Waals surface area (Å²) < 4.78 is 0. The summed E-state index contributed by atoms with van der Waals surface area (Å²) in [6.45, 7) is 6.44.